The van der Waals surface area contributed by atoms with Gasteiger partial charge in [-0.3, -0.25) is 4.21 Å². The van der Waals surface area contributed by atoms with E-state index in [9.17, 15) is 9.32 Å². The highest BCUT2D eigenvalue weighted by Crippen LogP contribution is 2.44. The van der Waals surface area contributed by atoms with Crippen LogP contribution in [0.15, 0.2) is 24.7 Å². The second-order valence-electron chi connectivity index (χ2n) is 5.92. The molecule has 6 heteroatoms. The molecule has 0 spiro atoms. The zero-order valence-electron chi connectivity index (χ0n) is 11.1. The highest BCUT2D eigenvalue weighted by atomic mass is 32.2. The average molecular weight is 291 g/mol. The zero-order valence-corrected chi connectivity index (χ0v) is 11.9. The molecule has 2 aromatic heterocycles. The smallest absolute Gasteiger partial charge is 0.154 e. The fourth-order valence-electron chi connectivity index (χ4n) is 3.57. The van der Waals surface area contributed by atoms with Crippen LogP contribution < -0.4 is 0 Å². The van der Waals surface area contributed by atoms with Crippen molar-refractivity contribution in [2.75, 3.05) is 0 Å². The first-order chi connectivity index (χ1) is 9.66. The molecule has 0 aromatic carbocycles. The lowest BCUT2D eigenvalue weighted by Gasteiger charge is -2.43. The summed E-state index contributed by atoms with van der Waals surface area (Å²) in [5.74, 6) is 0. The van der Waals surface area contributed by atoms with Gasteiger partial charge in [-0.25, -0.2) is 9.50 Å². The fourth-order valence-corrected chi connectivity index (χ4v) is 5.79. The molecule has 20 heavy (non-hydrogen) atoms. The molecular weight excluding hydrogens is 274 g/mol. The Balaban J connectivity index is 1.74. The molecule has 2 unspecified atom stereocenters. The van der Waals surface area contributed by atoms with Crippen LogP contribution in [0.2, 0.25) is 0 Å². The quantitative estimate of drug-likeness (QED) is 0.862. The van der Waals surface area contributed by atoms with E-state index in [1.807, 2.05) is 12.3 Å². The summed E-state index contributed by atoms with van der Waals surface area (Å²) in [7, 11) is -0.779. The number of aliphatic hydroxyl groups is 1. The standard InChI is InChI=1S/C14H17N3O2S/c18-14(6-11-2-1-3-12(7-14)20(11)19)10-8-15-13-4-5-16-17(13)9-10/h4-5,8-9,11-12,18H,1-3,6-7H2. The Hall–Kier alpha value is -1.27. The lowest BCUT2D eigenvalue weighted by Crippen LogP contribution is -2.47. The lowest BCUT2D eigenvalue weighted by molar-refractivity contribution is 0.00580. The maximum Gasteiger partial charge on any atom is 0.154 e. The van der Waals surface area contributed by atoms with Crippen LogP contribution in [0.3, 0.4) is 0 Å². The second-order valence-corrected chi connectivity index (χ2v) is 7.91. The van der Waals surface area contributed by atoms with Crippen molar-refractivity contribution in [3.8, 4) is 0 Å². The molecule has 2 aliphatic heterocycles. The van der Waals surface area contributed by atoms with Gasteiger partial charge in [0.1, 0.15) is 0 Å². The fraction of sp³-hybridized carbons (Fsp3) is 0.571. The van der Waals surface area contributed by atoms with Crippen LogP contribution in [-0.2, 0) is 16.4 Å². The number of rotatable bonds is 1. The second kappa shape index (κ2) is 4.36. The first-order valence-corrected chi connectivity index (χ1v) is 8.35. The Morgan fingerprint density at radius 1 is 1.35 bits per heavy atom. The maximum atomic E-state index is 12.3. The molecule has 106 valence electrons. The van der Waals surface area contributed by atoms with Gasteiger partial charge in [0, 0.05) is 45.3 Å². The van der Waals surface area contributed by atoms with Gasteiger partial charge in [0.05, 0.1) is 11.8 Å². The van der Waals surface area contributed by atoms with Gasteiger partial charge in [-0.1, -0.05) is 6.42 Å². The van der Waals surface area contributed by atoms with E-state index < -0.39 is 16.4 Å². The number of aromatic nitrogens is 3. The molecule has 0 saturated carbocycles. The number of hydrogen-bond acceptors (Lipinski definition) is 4. The molecule has 2 aliphatic rings. The van der Waals surface area contributed by atoms with Crippen LogP contribution in [0, 0.1) is 0 Å². The summed E-state index contributed by atoms with van der Waals surface area (Å²) in [6.07, 6.45) is 9.49. The Bertz CT molecular complexity index is 668. The molecule has 2 aromatic rings. The predicted molar refractivity (Wildman–Crippen MR) is 75.7 cm³/mol. The maximum absolute atomic E-state index is 12.3. The molecule has 2 bridgehead atoms. The van der Waals surface area contributed by atoms with E-state index in [1.54, 1.807) is 16.9 Å². The van der Waals surface area contributed by atoms with Crippen molar-refractivity contribution in [3.05, 3.63) is 30.2 Å². The first-order valence-electron chi connectivity index (χ1n) is 7.07. The molecule has 5 nitrogen and oxygen atoms in total. The van der Waals surface area contributed by atoms with E-state index in [4.69, 9.17) is 0 Å². The van der Waals surface area contributed by atoms with Gasteiger partial charge >= 0.3 is 0 Å². The Kier molecular flexibility index (Phi) is 2.72. The van der Waals surface area contributed by atoms with E-state index >= 15 is 0 Å². The van der Waals surface area contributed by atoms with Gasteiger partial charge in [-0.2, -0.15) is 5.10 Å². The van der Waals surface area contributed by atoms with Crippen LogP contribution in [0.1, 0.15) is 37.7 Å². The van der Waals surface area contributed by atoms with Crippen LogP contribution in [-0.4, -0.2) is 34.4 Å². The normalized spacial score (nSPS) is 37.1. The van der Waals surface area contributed by atoms with Gasteiger partial charge in [-0.15, -0.1) is 0 Å². The van der Waals surface area contributed by atoms with Crippen molar-refractivity contribution in [1.82, 2.24) is 14.6 Å². The third kappa shape index (κ3) is 1.82. The Labute approximate surface area is 119 Å². The topological polar surface area (TPSA) is 67.5 Å². The average Bonchev–Trinajstić information content (AvgIpc) is 2.88. The summed E-state index contributed by atoms with van der Waals surface area (Å²) in [4.78, 5) is 4.34. The third-order valence-electron chi connectivity index (χ3n) is 4.62. The summed E-state index contributed by atoms with van der Waals surface area (Å²) < 4.78 is 14.0. The Morgan fingerprint density at radius 2 is 2.10 bits per heavy atom. The minimum atomic E-state index is -0.906. The van der Waals surface area contributed by atoms with Crippen molar-refractivity contribution in [2.45, 2.75) is 48.2 Å². The zero-order chi connectivity index (χ0) is 13.7. The van der Waals surface area contributed by atoms with E-state index in [0.717, 1.165) is 30.5 Å². The minimum Gasteiger partial charge on any atom is -0.385 e. The van der Waals surface area contributed by atoms with Gasteiger partial charge in [-0.05, 0) is 25.7 Å². The molecular formula is C14H17N3O2S. The van der Waals surface area contributed by atoms with E-state index in [-0.39, 0.29) is 10.5 Å². The molecule has 2 atom stereocenters. The predicted octanol–water partition coefficient (Wildman–Crippen LogP) is 1.38. The van der Waals surface area contributed by atoms with Gasteiger partial charge in [0.25, 0.3) is 0 Å². The van der Waals surface area contributed by atoms with Crippen molar-refractivity contribution < 1.29 is 9.32 Å². The van der Waals surface area contributed by atoms with Crippen molar-refractivity contribution >= 4 is 16.4 Å². The highest BCUT2D eigenvalue weighted by Gasteiger charge is 2.46. The lowest BCUT2D eigenvalue weighted by atomic mass is 9.81. The molecule has 1 N–H and O–H groups in total. The van der Waals surface area contributed by atoms with E-state index in [0.29, 0.717) is 12.8 Å². The molecule has 0 radical (unpaired) electrons. The van der Waals surface area contributed by atoms with Crippen LogP contribution >= 0.6 is 0 Å². The van der Waals surface area contributed by atoms with Crippen LogP contribution in [0.25, 0.3) is 5.65 Å². The molecule has 2 saturated heterocycles. The summed E-state index contributed by atoms with van der Waals surface area (Å²) in [5, 5.41) is 15.5. The molecule has 4 rings (SSSR count). The highest BCUT2D eigenvalue weighted by molar-refractivity contribution is 7.86. The monoisotopic (exact) mass is 291 g/mol. The van der Waals surface area contributed by atoms with Crippen LogP contribution in [0.4, 0.5) is 0 Å². The van der Waals surface area contributed by atoms with Gasteiger partial charge in [0.2, 0.25) is 0 Å². The van der Waals surface area contributed by atoms with Crippen molar-refractivity contribution in [1.29, 1.82) is 0 Å². The van der Waals surface area contributed by atoms with Gasteiger partial charge in [0.15, 0.2) is 5.65 Å². The minimum absolute atomic E-state index is 0.126. The summed E-state index contributed by atoms with van der Waals surface area (Å²) >= 11 is 0. The van der Waals surface area contributed by atoms with Crippen molar-refractivity contribution in [3.63, 3.8) is 0 Å². The third-order valence-corrected chi connectivity index (χ3v) is 6.74. The summed E-state index contributed by atoms with van der Waals surface area (Å²) in [6, 6.07) is 1.83. The summed E-state index contributed by atoms with van der Waals surface area (Å²) in [5.41, 5.74) is 0.663. The molecule has 0 aliphatic carbocycles. The van der Waals surface area contributed by atoms with E-state index in [2.05, 4.69) is 10.1 Å². The number of nitrogens with zero attached hydrogens (tertiary/aromatic N) is 3. The molecule has 0 amide bonds. The number of hydrogen-bond donors (Lipinski definition) is 1. The Morgan fingerprint density at radius 3 is 2.85 bits per heavy atom. The van der Waals surface area contributed by atoms with Crippen molar-refractivity contribution in [2.24, 2.45) is 0 Å². The van der Waals surface area contributed by atoms with Gasteiger partial charge < -0.3 is 5.11 Å². The summed E-state index contributed by atoms with van der Waals surface area (Å²) in [6.45, 7) is 0. The molecule has 2 fully saturated rings. The number of fused-ring (bicyclic) bond motifs is 3. The van der Waals surface area contributed by atoms with Crippen LogP contribution in [0.5, 0.6) is 0 Å². The SMILES string of the molecule is O=S1C2CCCC1CC(O)(c1cnc3ccnn3c1)C2. The molecule has 4 heterocycles. The first kappa shape index (κ1) is 12.5. The largest absolute Gasteiger partial charge is 0.385 e. The van der Waals surface area contributed by atoms with E-state index in [1.165, 1.54) is 0 Å².